The number of esters is 1. The van der Waals surface area contributed by atoms with Gasteiger partial charge in [0.2, 0.25) is 0 Å². The molecule has 7 heteroatoms. The van der Waals surface area contributed by atoms with Crippen LogP contribution in [0.4, 0.5) is 5.69 Å². The minimum Gasteiger partial charge on any atom is -0.466 e. The number of carbonyl (C=O) groups is 2. The summed E-state index contributed by atoms with van der Waals surface area (Å²) in [6.07, 6.45) is 1.68. The third-order valence-electron chi connectivity index (χ3n) is 5.69. The summed E-state index contributed by atoms with van der Waals surface area (Å²) in [6.45, 7) is 4.83. The number of amidine groups is 1. The van der Waals surface area contributed by atoms with Gasteiger partial charge in [0, 0.05) is 23.5 Å². The molecule has 1 saturated heterocycles. The van der Waals surface area contributed by atoms with Crippen LogP contribution in [-0.2, 0) is 9.53 Å². The second kappa shape index (κ2) is 9.61. The van der Waals surface area contributed by atoms with Crippen molar-refractivity contribution in [2.75, 3.05) is 24.7 Å². The number of methoxy groups -OCH3 is 1. The van der Waals surface area contributed by atoms with Crippen LogP contribution in [-0.4, -0.2) is 41.4 Å². The first-order valence-electron chi connectivity index (χ1n) is 10.8. The van der Waals surface area contributed by atoms with Crippen LogP contribution in [0, 0.1) is 6.92 Å². The lowest BCUT2D eigenvalue weighted by molar-refractivity contribution is -0.136. The first kappa shape index (κ1) is 22.1. The zero-order chi connectivity index (χ0) is 22.7. The fourth-order valence-electron chi connectivity index (χ4n) is 4.01. The van der Waals surface area contributed by atoms with Crippen LogP contribution in [0.25, 0.3) is 0 Å². The second-order valence-electron chi connectivity index (χ2n) is 7.84. The molecule has 2 aromatic rings. The molecule has 0 aliphatic carbocycles. The van der Waals surface area contributed by atoms with E-state index in [2.05, 4.69) is 10.2 Å². The van der Waals surface area contributed by atoms with Crippen LogP contribution in [0.15, 0.2) is 64.8 Å². The van der Waals surface area contributed by atoms with E-state index in [1.807, 2.05) is 62.4 Å². The van der Waals surface area contributed by atoms with Gasteiger partial charge >= 0.3 is 5.97 Å². The molecule has 0 radical (unpaired) electrons. The zero-order valence-corrected chi connectivity index (χ0v) is 19.4. The number of fused-ring (bicyclic) bond motifs is 1. The number of amides is 1. The topological polar surface area (TPSA) is 71.0 Å². The van der Waals surface area contributed by atoms with E-state index < -0.39 is 0 Å². The molecular weight excluding hydrogens is 422 g/mol. The Labute approximate surface area is 192 Å². The summed E-state index contributed by atoms with van der Waals surface area (Å²) < 4.78 is 5.13. The number of allylic oxidation sites excluding steroid dienone is 1. The molecule has 2 aromatic carbocycles. The van der Waals surface area contributed by atoms with Crippen molar-refractivity contribution in [3.8, 4) is 0 Å². The lowest BCUT2D eigenvalue weighted by atomic mass is 9.93. The third kappa shape index (κ3) is 4.43. The van der Waals surface area contributed by atoms with E-state index in [0.29, 0.717) is 23.2 Å². The van der Waals surface area contributed by atoms with E-state index in [1.54, 1.807) is 11.8 Å². The van der Waals surface area contributed by atoms with Crippen LogP contribution in [0.3, 0.4) is 0 Å². The van der Waals surface area contributed by atoms with Crippen molar-refractivity contribution in [3.05, 3.63) is 76.5 Å². The highest BCUT2D eigenvalue weighted by Gasteiger charge is 2.38. The largest absolute Gasteiger partial charge is 0.466 e. The Balaban J connectivity index is 1.63. The van der Waals surface area contributed by atoms with E-state index in [1.165, 1.54) is 7.11 Å². The van der Waals surface area contributed by atoms with Gasteiger partial charge in [0.25, 0.3) is 5.91 Å². The quantitative estimate of drug-likeness (QED) is 0.655. The summed E-state index contributed by atoms with van der Waals surface area (Å²) in [5.74, 6) is 0.527. The van der Waals surface area contributed by atoms with Gasteiger partial charge in [-0.25, -0.2) is 9.79 Å². The number of carbonyl (C=O) groups excluding carboxylic acids is 2. The van der Waals surface area contributed by atoms with E-state index in [-0.39, 0.29) is 17.9 Å². The van der Waals surface area contributed by atoms with Gasteiger partial charge in [0.15, 0.2) is 5.17 Å². The Morgan fingerprint density at radius 2 is 1.88 bits per heavy atom. The van der Waals surface area contributed by atoms with Gasteiger partial charge in [-0.05, 0) is 49.6 Å². The highest BCUT2D eigenvalue weighted by atomic mass is 32.2. The number of anilines is 1. The summed E-state index contributed by atoms with van der Waals surface area (Å²) >= 11 is 1.73. The van der Waals surface area contributed by atoms with Gasteiger partial charge in [0.1, 0.15) is 0 Å². The Bertz CT molecular complexity index is 1070. The number of ether oxygens (including phenoxy) is 1. The lowest BCUT2D eigenvalue weighted by Gasteiger charge is -2.40. The van der Waals surface area contributed by atoms with Gasteiger partial charge < -0.3 is 15.0 Å². The third-order valence-corrected chi connectivity index (χ3v) is 6.76. The fourth-order valence-corrected chi connectivity index (χ4v) is 5.01. The minimum absolute atomic E-state index is 0.152. The fraction of sp³-hybridized carbons (Fsp3) is 0.320. The number of benzene rings is 2. The Morgan fingerprint density at radius 1 is 1.16 bits per heavy atom. The van der Waals surface area contributed by atoms with Gasteiger partial charge in [-0.1, -0.05) is 48.5 Å². The van der Waals surface area contributed by atoms with Crippen molar-refractivity contribution in [2.24, 2.45) is 4.99 Å². The maximum atomic E-state index is 12.7. The summed E-state index contributed by atoms with van der Waals surface area (Å²) in [7, 11) is 1.41. The van der Waals surface area contributed by atoms with Gasteiger partial charge in [-0.2, -0.15) is 0 Å². The molecule has 4 rings (SSSR count). The number of rotatable bonds is 5. The molecule has 0 bridgehead atoms. The molecule has 1 fully saturated rings. The monoisotopic (exact) mass is 449 g/mol. The molecule has 0 spiro atoms. The number of nitrogens with zero attached hydrogens (tertiary/aromatic N) is 2. The number of hydrogen-bond donors (Lipinski definition) is 1. The van der Waals surface area contributed by atoms with E-state index in [9.17, 15) is 9.59 Å². The predicted molar refractivity (Wildman–Crippen MR) is 129 cm³/mol. The SMILES string of the molecule is CCC1=C(C(=O)OC)C(c2ccc(NC(=O)c3ccc(C)cc3)cc2)N2CCCSC2=N1. The Hall–Kier alpha value is -3.06. The normalized spacial score (nSPS) is 18.0. The van der Waals surface area contributed by atoms with Gasteiger partial charge in [0.05, 0.1) is 24.4 Å². The van der Waals surface area contributed by atoms with Crippen molar-refractivity contribution < 1.29 is 14.3 Å². The molecule has 0 saturated carbocycles. The van der Waals surface area contributed by atoms with Crippen LogP contribution in [0.1, 0.15) is 47.3 Å². The molecule has 2 heterocycles. The smallest absolute Gasteiger partial charge is 0.338 e. The molecule has 1 N–H and O–H groups in total. The number of aliphatic imine (C=N–C) groups is 1. The molecule has 1 unspecified atom stereocenters. The van der Waals surface area contributed by atoms with E-state index in [4.69, 9.17) is 9.73 Å². The first-order valence-corrected chi connectivity index (χ1v) is 11.8. The molecule has 32 heavy (non-hydrogen) atoms. The number of aryl methyl sites for hydroxylation is 1. The van der Waals surface area contributed by atoms with Crippen LogP contribution < -0.4 is 5.32 Å². The maximum absolute atomic E-state index is 12.7. The van der Waals surface area contributed by atoms with Crippen molar-refractivity contribution in [1.82, 2.24) is 4.90 Å². The number of nitrogens with one attached hydrogen (secondary N) is 1. The predicted octanol–water partition coefficient (Wildman–Crippen LogP) is 4.93. The number of thioether (sulfide) groups is 1. The van der Waals surface area contributed by atoms with Gasteiger partial charge in [-0.3, -0.25) is 4.79 Å². The standard InChI is InChI=1S/C25H27N3O3S/c1-4-20-21(24(30)31-3)22(28-14-5-15-32-25(28)27-20)17-10-12-19(13-11-17)26-23(29)18-8-6-16(2)7-9-18/h6-13,22H,4-5,14-15H2,1-3H3,(H,26,29). The van der Waals surface area contributed by atoms with Crippen molar-refractivity contribution >= 4 is 34.5 Å². The van der Waals surface area contributed by atoms with Crippen molar-refractivity contribution in [3.63, 3.8) is 0 Å². The second-order valence-corrected chi connectivity index (χ2v) is 8.90. The molecule has 0 aromatic heterocycles. The Morgan fingerprint density at radius 3 is 2.53 bits per heavy atom. The highest BCUT2D eigenvalue weighted by molar-refractivity contribution is 8.13. The molecule has 166 valence electrons. The van der Waals surface area contributed by atoms with Crippen molar-refractivity contribution in [2.45, 2.75) is 32.7 Å². The summed E-state index contributed by atoms with van der Waals surface area (Å²) in [5, 5.41) is 3.91. The first-order chi connectivity index (χ1) is 15.5. The van der Waals surface area contributed by atoms with Crippen molar-refractivity contribution in [1.29, 1.82) is 0 Å². The molecule has 6 nitrogen and oxygen atoms in total. The van der Waals surface area contributed by atoms with Crippen LogP contribution in [0.2, 0.25) is 0 Å². The zero-order valence-electron chi connectivity index (χ0n) is 18.6. The van der Waals surface area contributed by atoms with Crippen LogP contribution >= 0.6 is 11.8 Å². The average Bonchev–Trinajstić information content (AvgIpc) is 2.83. The molecule has 1 amide bonds. The number of hydrogen-bond acceptors (Lipinski definition) is 6. The summed E-state index contributed by atoms with van der Waals surface area (Å²) in [4.78, 5) is 32.3. The maximum Gasteiger partial charge on any atom is 0.338 e. The average molecular weight is 450 g/mol. The summed E-state index contributed by atoms with van der Waals surface area (Å²) in [6, 6.07) is 14.9. The Kier molecular flexibility index (Phi) is 6.65. The lowest BCUT2D eigenvalue weighted by Crippen LogP contribution is -2.42. The molecule has 2 aliphatic rings. The van der Waals surface area contributed by atoms with Crippen LogP contribution in [0.5, 0.6) is 0 Å². The highest BCUT2D eigenvalue weighted by Crippen LogP contribution is 2.40. The van der Waals surface area contributed by atoms with Gasteiger partial charge in [-0.15, -0.1) is 0 Å². The van der Waals surface area contributed by atoms with E-state index >= 15 is 0 Å². The molecule has 2 aliphatic heterocycles. The minimum atomic E-state index is -0.345. The molecular formula is C25H27N3O3S. The van der Waals surface area contributed by atoms with E-state index in [0.717, 1.165) is 40.7 Å². The molecule has 1 atom stereocenters. The summed E-state index contributed by atoms with van der Waals surface area (Å²) in [5.41, 5.74) is 4.77.